The number of hydrogen-bond donors (Lipinski definition) is 1. The molecule has 0 aliphatic carbocycles. The number of ether oxygens (including phenoxy) is 2. The van der Waals surface area contributed by atoms with Gasteiger partial charge < -0.3 is 19.4 Å². The zero-order valence-electron chi connectivity index (χ0n) is 19.3. The summed E-state index contributed by atoms with van der Waals surface area (Å²) >= 11 is 6.01. The molecule has 4 rings (SSSR count). The van der Waals surface area contributed by atoms with E-state index < -0.39 is 0 Å². The first kappa shape index (κ1) is 23.9. The van der Waals surface area contributed by atoms with Crippen LogP contribution in [0, 0.1) is 0 Å². The fraction of sp³-hybridized carbons (Fsp3) is 0.308. The minimum Gasteiger partial charge on any atom is -0.497 e. The summed E-state index contributed by atoms with van der Waals surface area (Å²) in [5, 5.41) is 3.68. The van der Waals surface area contributed by atoms with Crippen LogP contribution in [-0.2, 0) is 26.1 Å². The number of benzene rings is 2. The fourth-order valence-corrected chi connectivity index (χ4v) is 4.34. The molecule has 34 heavy (non-hydrogen) atoms. The average molecular weight is 482 g/mol. The lowest BCUT2D eigenvalue weighted by Crippen LogP contribution is -2.31. The topological polar surface area (TPSA) is 72.8 Å². The van der Waals surface area contributed by atoms with E-state index in [1.54, 1.807) is 11.7 Å². The van der Waals surface area contributed by atoms with Gasteiger partial charge in [0.2, 0.25) is 0 Å². The Morgan fingerprint density at radius 3 is 2.35 bits per heavy atom. The molecular formula is C26H28ClN3O4. The van der Waals surface area contributed by atoms with E-state index in [0.717, 1.165) is 23.4 Å². The summed E-state index contributed by atoms with van der Waals surface area (Å²) in [7, 11) is 3.10. The molecule has 0 atom stereocenters. The number of hydrogen-bond acceptors (Lipinski definition) is 5. The van der Waals surface area contributed by atoms with Crippen LogP contribution in [0.3, 0.4) is 0 Å². The Hall–Kier alpha value is -3.29. The second kappa shape index (κ2) is 10.8. The highest BCUT2D eigenvalue weighted by Crippen LogP contribution is 2.24. The number of carbonyl (C=O) groups is 1. The van der Waals surface area contributed by atoms with Gasteiger partial charge in [0.05, 0.1) is 14.2 Å². The molecular weight excluding hydrogens is 454 g/mol. The van der Waals surface area contributed by atoms with Crippen LogP contribution in [0.2, 0.25) is 5.02 Å². The minimum atomic E-state index is -0.262. The monoisotopic (exact) mass is 481 g/mol. The largest absolute Gasteiger partial charge is 0.497 e. The number of carbonyl (C=O) groups excluding carboxylic acids is 1. The Kier molecular flexibility index (Phi) is 7.55. The lowest BCUT2D eigenvalue weighted by Gasteiger charge is -2.19. The van der Waals surface area contributed by atoms with E-state index >= 15 is 0 Å². The van der Waals surface area contributed by atoms with Crippen molar-refractivity contribution in [2.75, 3.05) is 27.3 Å². The maximum absolute atomic E-state index is 13.3. The summed E-state index contributed by atoms with van der Waals surface area (Å²) < 4.78 is 12.3. The molecule has 8 heteroatoms. The van der Waals surface area contributed by atoms with Crippen LogP contribution < -0.4 is 20.3 Å². The Bertz CT molecular complexity index is 1210. The maximum Gasteiger partial charge on any atom is 0.257 e. The predicted molar refractivity (Wildman–Crippen MR) is 132 cm³/mol. The van der Waals surface area contributed by atoms with Crippen LogP contribution in [0.15, 0.2) is 59.4 Å². The molecule has 0 radical (unpaired) electrons. The second-order valence-corrected chi connectivity index (χ2v) is 8.64. The number of nitrogens with one attached hydrogen (secondary N) is 1. The Morgan fingerprint density at radius 1 is 0.971 bits per heavy atom. The summed E-state index contributed by atoms with van der Waals surface area (Å²) in [6.07, 6.45) is 0.561. The van der Waals surface area contributed by atoms with Crippen LogP contribution in [-0.4, -0.2) is 42.7 Å². The van der Waals surface area contributed by atoms with Crippen LogP contribution in [0.25, 0.3) is 0 Å². The molecule has 1 N–H and O–H groups in total. The molecule has 0 saturated heterocycles. The molecule has 3 aromatic rings. The third-order valence-corrected chi connectivity index (χ3v) is 6.32. The van der Waals surface area contributed by atoms with E-state index in [9.17, 15) is 9.59 Å². The number of pyridine rings is 1. The third kappa shape index (κ3) is 5.43. The molecule has 1 aliphatic heterocycles. The number of halogens is 1. The van der Waals surface area contributed by atoms with Gasteiger partial charge in [0.25, 0.3) is 11.5 Å². The van der Waals surface area contributed by atoms with Crippen molar-refractivity contribution in [1.82, 2.24) is 14.8 Å². The summed E-state index contributed by atoms with van der Waals surface area (Å²) in [4.78, 5) is 28.4. The first-order valence-electron chi connectivity index (χ1n) is 11.2. The van der Waals surface area contributed by atoms with E-state index in [1.165, 1.54) is 13.2 Å². The summed E-state index contributed by atoms with van der Waals surface area (Å²) in [6, 6.07) is 16.7. The quantitative estimate of drug-likeness (QED) is 0.559. The van der Waals surface area contributed by atoms with E-state index in [2.05, 4.69) is 10.2 Å². The van der Waals surface area contributed by atoms with Crippen molar-refractivity contribution in [3.63, 3.8) is 0 Å². The van der Waals surface area contributed by atoms with Crippen molar-refractivity contribution in [2.45, 2.75) is 26.1 Å². The number of aromatic nitrogens is 1. The molecule has 0 unspecified atom stereocenters. The van der Waals surface area contributed by atoms with Gasteiger partial charge in [-0.05, 0) is 35.4 Å². The highest BCUT2D eigenvalue weighted by Gasteiger charge is 2.25. The van der Waals surface area contributed by atoms with Gasteiger partial charge in [-0.15, -0.1) is 0 Å². The molecule has 0 fully saturated rings. The van der Waals surface area contributed by atoms with Crippen molar-refractivity contribution >= 4 is 17.5 Å². The summed E-state index contributed by atoms with van der Waals surface area (Å²) in [5.41, 5.74) is 3.06. The van der Waals surface area contributed by atoms with Crippen molar-refractivity contribution in [2.24, 2.45) is 0 Å². The van der Waals surface area contributed by atoms with Crippen LogP contribution >= 0.6 is 11.6 Å². The van der Waals surface area contributed by atoms with Crippen LogP contribution in [0.1, 0.15) is 27.2 Å². The molecule has 2 aromatic carbocycles. The van der Waals surface area contributed by atoms with Gasteiger partial charge in [0.1, 0.15) is 17.1 Å². The Labute approximate surface area is 203 Å². The minimum absolute atomic E-state index is 0.160. The van der Waals surface area contributed by atoms with Crippen molar-refractivity contribution in [3.05, 3.63) is 92.4 Å². The van der Waals surface area contributed by atoms with E-state index in [-0.39, 0.29) is 11.5 Å². The number of amides is 1. The average Bonchev–Trinajstić information content (AvgIpc) is 3.07. The molecule has 1 aromatic heterocycles. The molecule has 1 aliphatic rings. The zero-order valence-corrected chi connectivity index (χ0v) is 20.1. The van der Waals surface area contributed by atoms with Crippen LogP contribution in [0.4, 0.5) is 0 Å². The number of rotatable bonds is 7. The SMILES string of the molecule is COc1ccc(CNC(=O)c2c(OC)cc(=O)n3c2CCN(Cc2ccc(Cl)cc2)CC3)cc1. The Balaban J connectivity index is 1.54. The van der Waals surface area contributed by atoms with E-state index in [0.29, 0.717) is 54.6 Å². The third-order valence-electron chi connectivity index (χ3n) is 6.06. The fourth-order valence-electron chi connectivity index (χ4n) is 4.22. The smallest absolute Gasteiger partial charge is 0.257 e. The molecule has 7 nitrogen and oxygen atoms in total. The standard InChI is InChI=1S/C26H28ClN3O4/c1-33-21-9-5-18(6-10-21)16-28-26(32)25-22-11-12-29(17-19-3-7-20(27)8-4-19)13-14-30(22)24(31)15-23(25)34-2/h3-10,15H,11-14,16-17H2,1-2H3,(H,28,32). The van der Waals surface area contributed by atoms with E-state index in [1.807, 2.05) is 48.5 Å². The Morgan fingerprint density at radius 2 is 1.68 bits per heavy atom. The molecule has 178 valence electrons. The number of fused-ring (bicyclic) bond motifs is 1. The molecule has 2 heterocycles. The summed E-state index contributed by atoms with van der Waals surface area (Å²) in [6.45, 7) is 3.02. The van der Waals surface area contributed by atoms with Crippen molar-refractivity contribution in [1.29, 1.82) is 0 Å². The van der Waals surface area contributed by atoms with Gasteiger partial charge in [0.15, 0.2) is 0 Å². The lowest BCUT2D eigenvalue weighted by molar-refractivity contribution is 0.0945. The van der Waals surface area contributed by atoms with Gasteiger partial charge in [0, 0.05) is 55.9 Å². The molecule has 0 saturated carbocycles. The predicted octanol–water partition coefficient (Wildman–Crippen LogP) is 3.51. The second-order valence-electron chi connectivity index (χ2n) is 8.21. The lowest BCUT2D eigenvalue weighted by atomic mass is 10.1. The highest BCUT2D eigenvalue weighted by molar-refractivity contribution is 6.30. The maximum atomic E-state index is 13.3. The molecule has 0 bridgehead atoms. The summed E-state index contributed by atoms with van der Waals surface area (Å²) in [5.74, 6) is 0.796. The normalized spacial score (nSPS) is 13.6. The van der Waals surface area contributed by atoms with Crippen molar-refractivity contribution < 1.29 is 14.3 Å². The molecule has 1 amide bonds. The zero-order chi connectivity index (χ0) is 24.1. The molecule has 0 spiro atoms. The van der Waals surface area contributed by atoms with Gasteiger partial charge in [-0.2, -0.15) is 0 Å². The first-order chi connectivity index (χ1) is 16.5. The van der Waals surface area contributed by atoms with Gasteiger partial charge in [-0.3, -0.25) is 14.5 Å². The van der Waals surface area contributed by atoms with Crippen molar-refractivity contribution in [3.8, 4) is 11.5 Å². The van der Waals surface area contributed by atoms with E-state index in [4.69, 9.17) is 21.1 Å². The highest BCUT2D eigenvalue weighted by atomic mass is 35.5. The number of nitrogens with zero attached hydrogens (tertiary/aromatic N) is 2. The number of methoxy groups -OCH3 is 2. The van der Waals surface area contributed by atoms with Crippen LogP contribution in [0.5, 0.6) is 11.5 Å². The van der Waals surface area contributed by atoms with Gasteiger partial charge >= 0.3 is 0 Å². The first-order valence-corrected chi connectivity index (χ1v) is 11.5. The van der Waals surface area contributed by atoms with Gasteiger partial charge in [-0.1, -0.05) is 35.9 Å². The van der Waals surface area contributed by atoms with Gasteiger partial charge in [-0.25, -0.2) is 0 Å².